The van der Waals surface area contributed by atoms with E-state index in [1.807, 2.05) is 12.1 Å². The van der Waals surface area contributed by atoms with E-state index < -0.39 is 0 Å². The van der Waals surface area contributed by atoms with Gasteiger partial charge in [-0.05, 0) is 57.0 Å². The number of nitrogens with zero attached hydrogens (tertiary/aromatic N) is 4. The van der Waals surface area contributed by atoms with Gasteiger partial charge in [0.15, 0.2) is 5.82 Å². The van der Waals surface area contributed by atoms with Crippen LogP contribution < -0.4 is 0 Å². The van der Waals surface area contributed by atoms with Crippen molar-refractivity contribution in [3.8, 4) is 101 Å². The van der Waals surface area contributed by atoms with Crippen LogP contribution in [0.4, 0.5) is 0 Å². The van der Waals surface area contributed by atoms with Crippen molar-refractivity contribution >= 4 is 16.3 Å². The molecule has 0 fully saturated rings. The van der Waals surface area contributed by atoms with Crippen molar-refractivity contribution in [2.75, 3.05) is 0 Å². The zero-order valence-electron chi connectivity index (χ0n) is 36.5. The minimum atomic E-state index is 0.673. The van der Waals surface area contributed by atoms with Crippen molar-refractivity contribution in [1.82, 2.24) is 19.6 Å². The number of benzene rings is 9. The Bertz CT molecular complexity index is 3700. The highest BCUT2D eigenvalue weighted by molar-refractivity contribution is 6.15. The Kier molecular flexibility index (Phi) is 10.2. The number of rotatable bonds is 9. The second-order valence-corrected chi connectivity index (χ2v) is 16.8. The molecule has 3 heterocycles. The highest BCUT2D eigenvalue weighted by Crippen LogP contribution is 2.46. The van der Waals surface area contributed by atoms with Gasteiger partial charge in [-0.25, -0.2) is 14.5 Å². The fourth-order valence-corrected chi connectivity index (χ4v) is 9.44. The minimum absolute atomic E-state index is 0.673. The predicted octanol–water partition coefficient (Wildman–Crippen LogP) is 16.3. The molecule has 12 rings (SSSR count). The van der Waals surface area contributed by atoms with Gasteiger partial charge in [-0.15, -0.1) is 0 Å². The first kappa shape index (κ1) is 39.6. The zero-order valence-corrected chi connectivity index (χ0v) is 36.5. The van der Waals surface area contributed by atoms with E-state index in [-0.39, 0.29) is 0 Å². The van der Waals surface area contributed by atoms with Gasteiger partial charge in [-0.2, -0.15) is 5.10 Å². The molecule has 0 saturated carbocycles. The van der Waals surface area contributed by atoms with Crippen molar-refractivity contribution in [3.63, 3.8) is 0 Å². The molecule has 0 aliphatic rings. The molecule has 0 saturated heterocycles. The number of hydrogen-bond acceptors (Lipinski definition) is 3. The fourth-order valence-electron chi connectivity index (χ4n) is 9.44. The summed E-state index contributed by atoms with van der Waals surface area (Å²) in [5, 5.41) is 7.87. The summed E-state index contributed by atoms with van der Waals surface area (Å²) in [6, 6.07) is 89.8. The molecule has 0 aliphatic carbocycles. The van der Waals surface area contributed by atoms with E-state index in [1.54, 1.807) is 0 Å². The molecular formula is C63H42N4. The number of aromatic nitrogens is 4. The molecule has 3 aromatic heterocycles. The predicted molar refractivity (Wildman–Crippen MR) is 277 cm³/mol. The first-order chi connectivity index (χ1) is 33.2. The maximum atomic E-state index is 5.58. The molecule has 9 aromatic carbocycles. The first-order valence-electron chi connectivity index (χ1n) is 22.7. The second kappa shape index (κ2) is 17.2. The maximum absolute atomic E-state index is 5.58. The van der Waals surface area contributed by atoms with E-state index in [0.29, 0.717) is 5.82 Å². The van der Waals surface area contributed by atoms with E-state index in [1.165, 1.54) is 11.1 Å². The molecule has 4 heteroatoms. The van der Waals surface area contributed by atoms with Crippen LogP contribution in [0.15, 0.2) is 255 Å². The van der Waals surface area contributed by atoms with Gasteiger partial charge in [0.25, 0.3) is 0 Å². The number of hydrogen-bond donors (Lipinski definition) is 0. The molecule has 0 atom stereocenters. The van der Waals surface area contributed by atoms with Gasteiger partial charge in [0.2, 0.25) is 0 Å². The van der Waals surface area contributed by atoms with Gasteiger partial charge in [0, 0.05) is 44.3 Å². The third-order valence-corrected chi connectivity index (χ3v) is 12.6. The first-order valence-corrected chi connectivity index (χ1v) is 22.7. The van der Waals surface area contributed by atoms with Gasteiger partial charge in [0.1, 0.15) is 5.69 Å². The average molecular weight is 855 g/mol. The Morgan fingerprint density at radius 1 is 0.269 bits per heavy atom. The Hall–Kier alpha value is -8.99. The second-order valence-electron chi connectivity index (χ2n) is 16.8. The quantitative estimate of drug-likeness (QED) is 0.145. The largest absolute Gasteiger partial charge is 0.231 e. The summed E-state index contributed by atoms with van der Waals surface area (Å²) >= 11 is 0. The van der Waals surface area contributed by atoms with Gasteiger partial charge in [-0.1, -0.05) is 237 Å². The SMILES string of the molecule is c1ccc(-c2ccc(-c3cc(-c4ccccc4)nc(-c4cccc(-c5cccc(-c6c(-c7ccccc7)n7nc(-c8ccccc8)c(-c8ccccc8)c7c7ccccc67)c5)c4)n3)cc2)cc1. The van der Waals surface area contributed by atoms with Crippen LogP contribution in [0.25, 0.3) is 117 Å². The molecule has 0 aliphatic heterocycles. The monoisotopic (exact) mass is 854 g/mol. The molecular weight excluding hydrogens is 813 g/mol. The highest BCUT2D eigenvalue weighted by atomic mass is 15.2. The maximum Gasteiger partial charge on any atom is 0.160 e. The number of pyridine rings is 1. The third-order valence-electron chi connectivity index (χ3n) is 12.6. The lowest BCUT2D eigenvalue weighted by atomic mass is 9.90. The Labute approximate surface area is 389 Å². The third kappa shape index (κ3) is 7.47. The van der Waals surface area contributed by atoms with Gasteiger partial charge >= 0.3 is 0 Å². The van der Waals surface area contributed by atoms with Gasteiger partial charge in [0.05, 0.1) is 22.6 Å². The summed E-state index contributed by atoms with van der Waals surface area (Å²) in [4.78, 5) is 10.4. The topological polar surface area (TPSA) is 43.1 Å². The smallest absolute Gasteiger partial charge is 0.160 e. The summed E-state index contributed by atoms with van der Waals surface area (Å²) in [6.07, 6.45) is 0. The van der Waals surface area contributed by atoms with E-state index in [0.717, 1.165) is 100 Å². The molecule has 0 spiro atoms. The molecule has 0 unspecified atom stereocenters. The Balaban J connectivity index is 1.02. The van der Waals surface area contributed by atoms with Crippen molar-refractivity contribution in [2.45, 2.75) is 0 Å². The minimum Gasteiger partial charge on any atom is -0.231 e. The van der Waals surface area contributed by atoms with Crippen LogP contribution >= 0.6 is 0 Å². The fraction of sp³-hybridized carbons (Fsp3) is 0. The molecule has 0 radical (unpaired) electrons. The summed E-state index contributed by atoms with van der Waals surface area (Å²) in [7, 11) is 0. The van der Waals surface area contributed by atoms with Crippen molar-refractivity contribution in [1.29, 1.82) is 0 Å². The lowest BCUT2D eigenvalue weighted by molar-refractivity contribution is 0.981. The molecule has 12 aromatic rings. The molecule has 0 N–H and O–H groups in total. The molecule has 314 valence electrons. The summed E-state index contributed by atoms with van der Waals surface area (Å²) < 4.78 is 2.20. The summed E-state index contributed by atoms with van der Waals surface area (Å²) in [5.74, 6) is 0.673. The summed E-state index contributed by atoms with van der Waals surface area (Å²) in [6.45, 7) is 0. The van der Waals surface area contributed by atoms with Crippen LogP contribution in [-0.4, -0.2) is 19.6 Å². The van der Waals surface area contributed by atoms with Crippen LogP contribution in [0.1, 0.15) is 0 Å². The highest BCUT2D eigenvalue weighted by Gasteiger charge is 2.25. The molecule has 0 amide bonds. The van der Waals surface area contributed by atoms with E-state index in [4.69, 9.17) is 15.1 Å². The van der Waals surface area contributed by atoms with Gasteiger partial charge in [-0.3, -0.25) is 0 Å². The average Bonchev–Trinajstić information content (AvgIpc) is 3.83. The lowest BCUT2D eigenvalue weighted by Gasteiger charge is -2.18. The van der Waals surface area contributed by atoms with Gasteiger partial charge < -0.3 is 0 Å². The van der Waals surface area contributed by atoms with Crippen LogP contribution in [0, 0.1) is 0 Å². The Morgan fingerprint density at radius 3 is 1.30 bits per heavy atom. The van der Waals surface area contributed by atoms with Crippen LogP contribution in [-0.2, 0) is 0 Å². The van der Waals surface area contributed by atoms with Crippen LogP contribution in [0.5, 0.6) is 0 Å². The Morgan fingerprint density at radius 2 is 0.687 bits per heavy atom. The standard InChI is InChI=1S/C63H42N4/c1-6-20-43(21-7-1)44-36-38-46(39-37-44)57-42-56(45-22-8-2-9-23-45)64-63(65-57)53-33-19-31-51(41-53)50-30-18-32-52(40-50)58-54-34-16-17-35-55(54)62-59(47-24-10-3-11-25-47)60(48-26-12-4-13-27-48)66-67(62)61(58)49-28-14-5-15-29-49/h1-42H. The van der Waals surface area contributed by atoms with Crippen molar-refractivity contribution in [3.05, 3.63) is 255 Å². The molecule has 0 bridgehead atoms. The normalized spacial score (nSPS) is 11.3. The molecule has 4 nitrogen and oxygen atoms in total. The lowest BCUT2D eigenvalue weighted by Crippen LogP contribution is -2.00. The van der Waals surface area contributed by atoms with E-state index in [2.05, 4.69) is 247 Å². The zero-order chi connectivity index (χ0) is 44.5. The summed E-state index contributed by atoms with van der Waals surface area (Å²) in [5.41, 5.74) is 19.0. The van der Waals surface area contributed by atoms with E-state index in [9.17, 15) is 0 Å². The van der Waals surface area contributed by atoms with Crippen LogP contribution in [0.3, 0.4) is 0 Å². The van der Waals surface area contributed by atoms with E-state index >= 15 is 0 Å². The van der Waals surface area contributed by atoms with Crippen molar-refractivity contribution in [2.24, 2.45) is 0 Å². The van der Waals surface area contributed by atoms with Crippen LogP contribution in [0.2, 0.25) is 0 Å². The number of fused-ring (bicyclic) bond motifs is 3. The molecule has 67 heavy (non-hydrogen) atoms. The van der Waals surface area contributed by atoms with Crippen molar-refractivity contribution < 1.29 is 0 Å².